The molecule has 0 aliphatic carbocycles. The maximum atomic E-state index is 14.1. The van der Waals surface area contributed by atoms with Crippen LogP contribution < -0.4 is 10.6 Å². The number of aromatic nitrogens is 2. The zero-order valence-electron chi connectivity index (χ0n) is 26.8. The number of anilines is 1. The molecule has 4 heterocycles. The van der Waals surface area contributed by atoms with Gasteiger partial charge < -0.3 is 34.6 Å². The number of halogens is 1. The molecule has 266 valence electrons. The van der Waals surface area contributed by atoms with Crippen molar-refractivity contribution < 1.29 is 42.5 Å². The quantitative estimate of drug-likeness (QED) is 0.222. The fourth-order valence-electron chi connectivity index (χ4n) is 6.61. The van der Waals surface area contributed by atoms with Crippen molar-refractivity contribution in [3.63, 3.8) is 0 Å². The third-order valence-corrected chi connectivity index (χ3v) is 10.6. The van der Waals surface area contributed by atoms with Gasteiger partial charge in [0.1, 0.15) is 16.7 Å². The van der Waals surface area contributed by atoms with Crippen molar-refractivity contribution in [3.05, 3.63) is 35.2 Å². The Morgan fingerprint density at radius 1 is 1.00 bits per heavy atom. The number of piperidine rings is 1. The number of rotatable bonds is 5. The highest BCUT2D eigenvalue weighted by atomic mass is 35.5. The summed E-state index contributed by atoms with van der Waals surface area (Å²) in [6.45, 7) is 1.85. The van der Waals surface area contributed by atoms with Crippen LogP contribution in [0.2, 0.25) is 5.15 Å². The van der Waals surface area contributed by atoms with E-state index in [-0.39, 0.29) is 55.2 Å². The summed E-state index contributed by atoms with van der Waals surface area (Å²) < 4.78 is 30.3. The molecular formula is C29H38ClN9O9S. The number of piperazine rings is 1. The van der Waals surface area contributed by atoms with Crippen LogP contribution in [0.3, 0.4) is 0 Å². The van der Waals surface area contributed by atoms with E-state index >= 15 is 0 Å². The summed E-state index contributed by atoms with van der Waals surface area (Å²) in [6.07, 6.45) is -0.541. The van der Waals surface area contributed by atoms with Gasteiger partial charge in [-0.05, 0) is 43.2 Å². The number of aliphatic imine (C=N–C) groups is 1. The molecule has 3 saturated heterocycles. The third-order valence-electron chi connectivity index (χ3n) is 9.07. The highest BCUT2D eigenvalue weighted by Crippen LogP contribution is 2.43. The minimum atomic E-state index is -3.30. The molecule has 2 atom stereocenters. The van der Waals surface area contributed by atoms with Crippen LogP contribution in [-0.2, 0) is 14.8 Å². The number of carboxylic acid groups (broad SMARTS) is 2. The van der Waals surface area contributed by atoms with Crippen LogP contribution in [0.1, 0.15) is 31.1 Å². The first-order valence-corrected chi connectivity index (χ1v) is 17.7. The molecule has 3 aliphatic heterocycles. The number of methoxy groups -OCH3 is 1. The molecule has 20 heteroatoms. The molecule has 0 saturated carbocycles. The number of carbonyl (C=O) groups excluding carboxylic acids is 2. The predicted octanol–water partition coefficient (Wildman–Crippen LogP) is 2.98. The van der Waals surface area contributed by atoms with E-state index in [1.807, 2.05) is 5.32 Å². The van der Waals surface area contributed by atoms with Gasteiger partial charge in [-0.15, -0.1) is 4.99 Å². The average Bonchev–Trinajstić information content (AvgIpc) is 3.68. The Kier molecular flexibility index (Phi) is 10.8. The average molecular weight is 724 g/mol. The van der Waals surface area contributed by atoms with Crippen molar-refractivity contribution in [2.45, 2.75) is 25.3 Å². The first-order chi connectivity index (χ1) is 23.2. The number of amides is 5. The summed E-state index contributed by atoms with van der Waals surface area (Å²) in [6, 6.07) is 6.10. The van der Waals surface area contributed by atoms with Gasteiger partial charge in [-0.25, -0.2) is 36.9 Å². The van der Waals surface area contributed by atoms with Crippen molar-refractivity contribution in [2.24, 2.45) is 16.8 Å². The van der Waals surface area contributed by atoms with Crippen molar-refractivity contribution in [3.8, 4) is 11.3 Å². The van der Waals surface area contributed by atoms with Crippen LogP contribution in [0, 0.1) is 11.8 Å². The first-order valence-electron chi connectivity index (χ1n) is 15.5. The highest BCUT2D eigenvalue weighted by molar-refractivity contribution is 7.88. The van der Waals surface area contributed by atoms with E-state index in [9.17, 15) is 27.6 Å². The summed E-state index contributed by atoms with van der Waals surface area (Å²) in [4.78, 5) is 64.2. The van der Waals surface area contributed by atoms with Gasteiger partial charge in [-0.1, -0.05) is 23.7 Å². The van der Waals surface area contributed by atoms with E-state index in [4.69, 9.17) is 26.8 Å². The van der Waals surface area contributed by atoms with Gasteiger partial charge in [0.25, 0.3) is 0 Å². The lowest BCUT2D eigenvalue weighted by Crippen LogP contribution is -2.56. The Labute approximate surface area is 287 Å². The maximum Gasteiger partial charge on any atom is 0.434 e. The van der Waals surface area contributed by atoms with Crippen LogP contribution in [0.4, 0.5) is 24.9 Å². The van der Waals surface area contributed by atoms with E-state index in [1.54, 1.807) is 34.1 Å². The Morgan fingerprint density at radius 2 is 1.63 bits per heavy atom. The van der Waals surface area contributed by atoms with Crippen molar-refractivity contribution in [2.75, 3.05) is 64.5 Å². The van der Waals surface area contributed by atoms with Gasteiger partial charge >= 0.3 is 24.3 Å². The van der Waals surface area contributed by atoms with Crippen LogP contribution in [0.5, 0.6) is 0 Å². The van der Waals surface area contributed by atoms with Gasteiger partial charge in [0.2, 0.25) is 16.0 Å². The van der Waals surface area contributed by atoms with Crippen molar-refractivity contribution in [1.82, 2.24) is 34.3 Å². The smallest absolute Gasteiger partial charge is 0.434 e. The number of carbonyl (C=O) groups is 4. The lowest BCUT2D eigenvalue weighted by atomic mass is 9.83. The van der Waals surface area contributed by atoms with Gasteiger partial charge in [0.05, 0.1) is 19.4 Å². The number of aromatic amines is 1. The van der Waals surface area contributed by atoms with Gasteiger partial charge in [0.15, 0.2) is 0 Å². The number of imidazole rings is 1. The largest absolute Gasteiger partial charge is 0.465 e. The SMILES string of the molecule is COC(=O)Nc1ccc(-c2nc([C@@H]3C[C@H](C4CCN(S(C)(=O)=O)CC4)CN3C(=O)N3CCN(C(=NC(=O)O)NC(=O)O)CC3)[nH]c2Cl)cc1. The lowest BCUT2D eigenvalue weighted by molar-refractivity contribution is 0.123. The third kappa shape index (κ3) is 8.52. The standard InChI is InChI=1S/C29H38ClN9O9S/c1-48-28(44)31-20-5-3-18(4-6-20)22-23(30)33-24(32-22)21-15-19(17-7-9-38(10-8-17)49(2,46)47)16-39(21)29(45)37-13-11-36(12-14-37)25(34-26(40)41)35-27(42)43/h3-6,17,19,21H,7-16H2,1-2H3,(H,31,44)(H,32,33)(H,34,35)(H,40,41)(H,42,43)/t19-,21-/m0/s1. The van der Waals surface area contributed by atoms with Crippen LogP contribution in [0.15, 0.2) is 29.3 Å². The summed E-state index contributed by atoms with van der Waals surface area (Å²) in [7, 11) is -2.04. The molecule has 5 amide bonds. The van der Waals surface area contributed by atoms with Crippen LogP contribution >= 0.6 is 11.6 Å². The number of nitrogens with one attached hydrogen (secondary N) is 3. The first kappa shape index (κ1) is 35.7. The van der Waals surface area contributed by atoms with Gasteiger partial charge in [-0.2, -0.15) is 0 Å². The van der Waals surface area contributed by atoms with Gasteiger partial charge in [0, 0.05) is 57.1 Å². The molecular weight excluding hydrogens is 686 g/mol. The number of hydrogen-bond acceptors (Lipinski definition) is 8. The van der Waals surface area contributed by atoms with E-state index in [1.165, 1.54) is 22.6 Å². The Balaban J connectivity index is 1.36. The molecule has 0 spiro atoms. The van der Waals surface area contributed by atoms with Gasteiger partial charge in [-0.3, -0.25) is 10.6 Å². The molecule has 1 aromatic carbocycles. The second-order valence-corrected chi connectivity index (χ2v) is 14.4. The molecule has 18 nitrogen and oxygen atoms in total. The number of nitrogens with zero attached hydrogens (tertiary/aromatic N) is 6. The molecule has 2 aromatic rings. The molecule has 0 radical (unpaired) electrons. The summed E-state index contributed by atoms with van der Waals surface area (Å²) in [5.41, 5.74) is 1.65. The molecule has 0 unspecified atom stereocenters. The van der Waals surface area contributed by atoms with Crippen molar-refractivity contribution in [1.29, 1.82) is 0 Å². The summed E-state index contributed by atoms with van der Waals surface area (Å²) >= 11 is 6.65. The van der Waals surface area contributed by atoms with Crippen molar-refractivity contribution >= 4 is 57.6 Å². The van der Waals surface area contributed by atoms with Crippen LogP contribution in [0.25, 0.3) is 11.3 Å². The molecule has 5 rings (SSSR count). The molecule has 5 N–H and O–H groups in total. The second-order valence-electron chi connectivity index (χ2n) is 12.0. The topological polar surface area (TPSA) is 230 Å². The Morgan fingerprint density at radius 3 is 2.20 bits per heavy atom. The molecule has 49 heavy (non-hydrogen) atoms. The maximum absolute atomic E-state index is 14.1. The molecule has 3 fully saturated rings. The second kappa shape index (κ2) is 14.9. The number of guanidine groups is 1. The number of sulfonamides is 1. The number of benzene rings is 1. The predicted molar refractivity (Wildman–Crippen MR) is 177 cm³/mol. The number of likely N-dealkylation sites (tertiary alicyclic amines) is 1. The highest BCUT2D eigenvalue weighted by Gasteiger charge is 2.44. The lowest BCUT2D eigenvalue weighted by Gasteiger charge is -2.38. The number of urea groups is 1. The monoisotopic (exact) mass is 723 g/mol. The number of hydrogen-bond donors (Lipinski definition) is 5. The molecule has 1 aromatic heterocycles. The number of H-pyrrole nitrogens is 1. The normalized spacial score (nSPS) is 21.0. The van der Waals surface area contributed by atoms with E-state index in [2.05, 4.69) is 20.0 Å². The van der Waals surface area contributed by atoms with Crippen LogP contribution in [-0.4, -0.2) is 137 Å². The Bertz CT molecular complexity index is 1700. The van der Waals surface area contributed by atoms with E-state index in [0.717, 1.165) is 0 Å². The zero-order chi connectivity index (χ0) is 35.5. The summed E-state index contributed by atoms with van der Waals surface area (Å²) in [5.74, 6) is 0.383. The summed E-state index contributed by atoms with van der Waals surface area (Å²) in [5, 5.41) is 23.1. The fourth-order valence-corrected chi connectivity index (χ4v) is 7.74. The molecule has 0 bridgehead atoms. The fraction of sp³-hybridized carbons (Fsp3) is 0.517. The molecule has 3 aliphatic rings. The van der Waals surface area contributed by atoms with E-state index in [0.29, 0.717) is 61.7 Å². The minimum absolute atomic E-state index is 0.0574. The number of ether oxygens (including phenoxy) is 1. The zero-order valence-corrected chi connectivity index (χ0v) is 28.4. The Hall–Kier alpha value is -4.62. The minimum Gasteiger partial charge on any atom is -0.465 e. The van der Waals surface area contributed by atoms with E-state index < -0.39 is 34.3 Å².